The number of guanidine groups is 1. The summed E-state index contributed by atoms with van der Waals surface area (Å²) in [4.78, 5) is 58.2. The second kappa shape index (κ2) is 15.9. The predicted octanol–water partition coefficient (Wildman–Crippen LogP) is -1.13. The third-order valence-electron chi connectivity index (χ3n) is 6.75. The van der Waals surface area contributed by atoms with Crippen LogP contribution in [0.15, 0.2) is 65.8 Å². The van der Waals surface area contributed by atoms with E-state index in [0.717, 1.165) is 10.9 Å². The second-order valence-electron chi connectivity index (χ2n) is 10.0. The van der Waals surface area contributed by atoms with Crippen LogP contribution in [0, 0.1) is 0 Å². The minimum atomic E-state index is -1.42. The largest absolute Gasteiger partial charge is 0.480 e. The fraction of sp³-hybridized carbons (Fsp3) is 0.345. The molecule has 14 nitrogen and oxygen atoms in total. The lowest BCUT2D eigenvalue weighted by atomic mass is 10.0. The Balaban J connectivity index is 1.75. The number of para-hydroxylation sites is 1. The highest BCUT2D eigenvalue weighted by atomic mass is 16.4. The molecule has 3 aromatic rings. The van der Waals surface area contributed by atoms with Crippen LogP contribution in [0.1, 0.15) is 24.0 Å². The summed E-state index contributed by atoms with van der Waals surface area (Å²) in [6, 6.07) is 11.2. The first kappa shape index (κ1) is 32.6. The number of carboxylic acids is 1. The number of fused-ring (bicyclic) bond motifs is 1. The third kappa shape index (κ3) is 9.83. The molecular formula is C29H38N8O6. The number of aromatic nitrogens is 1. The first-order chi connectivity index (χ1) is 20.6. The molecule has 0 aliphatic carbocycles. The van der Waals surface area contributed by atoms with Gasteiger partial charge < -0.3 is 48.3 Å². The number of aliphatic imine (C=N–C) groups is 1. The van der Waals surface area contributed by atoms with Gasteiger partial charge in [-0.3, -0.25) is 19.4 Å². The summed E-state index contributed by atoms with van der Waals surface area (Å²) in [5.41, 5.74) is 18.7. The average molecular weight is 595 g/mol. The van der Waals surface area contributed by atoms with Gasteiger partial charge in [-0.25, -0.2) is 4.79 Å². The molecule has 0 saturated heterocycles. The highest BCUT2D eigenvalue weighted by Crippen LogP contribution is 2.19. The zero-order chi connectivity index (χ0) is 31.4. The maximum Gasteiger partial charge on any atom is 0.326 e. The van der Waals surface area contributed by atoms with Gasteiger partial charge in [0, 0.05) is 36.5 Å². The number of hydrogen-bond acceptors (Lipinski definition) is 7. The van der Waals surface area contributed by atoms with Crippen LogP contribution >= 0.6 is 0 Å². The molecule has 43 heavy (non-hydrogen) atoms. The zero-order valence-corrected chi connectivity index (χ0v) is 23.5. The quantitative estimate of drug-likeness (QED) is 0.0551. The summed E-state index contributed by atoms with van der Waals surface area (Å²) in [7, 11) is 0. The monoisotopic (exact) mass is 594 g/mol. The number of aromatic amines is 1. The number of hydrogen-bond donors (Lipinski definition) is 9. The molecule has 1 aromatic heterocycles. The second-order valence-corrected chi connectivity index (χ2v) is 10.0. The fourth-order valence-electron chi connectivity index (χ4n) is 4.45. The number of aliphatic hydroxyl groups is 1. The molecule has 3 amide bonds. The zero-order valence-electron chi connectivity index (χ0n) is 23.5. The van der Waals surface area contributed by atoms with E-state index >= 15 is 0 Å². The number of carbonyl (C=O) groups excluding carboxylic acids is 3. The molecule has 4 unspecified atom stereocenters. The molecule has 0 saturated carbocycles. The SMILES string of the molecule is NC(N)=NCCCC(N)C(=O)NC(CO)C(=O)NC(Cc1c[nH]c2ccccc12)C(=O)NC(Cc1ccccc1)C(=O)O. The lowest BCUT2D eigenvalue weighted by Gasteiger charge is -2.24. The normalized spacial score (nSPS) is 13.7. The molecule has 3 rings (SSSR count). The Labute approximate surface area is 248 Å². The number of carboxylic acid groups (broad SMARTS) is 1. The number of nitrogens with two attached hydrogens (primary N) is 3. The molecule has 2 aromatic carbocycles. The van der Waals surface area contributed by atoms with Crippen molar-refractivity contribution in [3.63, 3.8) is 0 Å². The molecular weight excluding hydrogens is 556 g/mol. The van der Waals surface area contributed by atoms with Gasteiger partial charge in [0.25, 0.3) is 0 Å². The minimum absolute atomic E-state index is 0.00430. The number of H-pyrrole nitrogens is 1. The van der Waals surface area contributed by atoms with Crippen molar-refractivity contribution in [2.45, 2.75) is 49.9 Å². The number of benzene rings is 2. The van der Waals surface area contributed by atoms with Crippen molar-refractivity contribution < 1.29 is 29.4 Å². The number of carbonyl (C=O) groups is 4. The van der Waals surface area contributed by atoms with Crippen molar-refractivity contribution in [2.24, 2.45) is 22.2 Å². The highest BCUT2D eigenvalue weighted by molar-refractivity contribution is 5.95. The molecule has 0 aliphatic rings. The number of aliphatic hydroxyl groups excluding tert-OH is 1. The van der Waals surface area contributed by atoms with Crippen LogP contribution in [0.5, 0.6) is 0 Å². The van der Waals surface area contributed by atoms with Gasteiger partial charge >= 0.3 is 5.97 Å². The number of nitrogens with zero attached hydrogens (tertiary/aromatic N) is 1. The van der Waals surface area contributed by atoms with E-state index in [2.05, 4.69) is 25.9 Å². The van der Waals surface area contributed by atoms with Gasteiger partial charge in [0.2, 0.25) is 17.7 Å². The van der Waals surface area contributed by atoms with E-state index in [4.69, 9.17) is 17.2 Å². The average Bonchev–Trinajstić information content (AvgIpc) is 3.40. The van der Waals surface area contributed by atoms with Gasteiger partial charge in [-0.1, -0.05) is 48.5 Å². The number of amides is 3. The Bertz CT molecular complexity index is 1420. The summed E-state index contributed by atoms with van der Waals surface area (Å²) >= 11 is 0. The molecule has 230 valence electrons. The third-order valence-corrected chi connectivity index (χ3v) is 6.75. The maximum absolute atomic E-state index is 13.5. The van der Waals surface area contributed by atoms with Crippen LogP contribution in [-0.2, 0) is 32.0 Å². The van der Waals surface area contributed by atoms with Crippen LogP contribution in [0.3, 0.4) is 0 Å². The highest BCUT2D eigenvalue weighted by Gasteiger charge is 2.31. The van der Waals surface area contributed by atoms with E-state index < -0.39 is 54.5 Å². The number of nitrogens with one attached hydrogen (secondary N) is 4. The fourth-order valence-corrected chi connectivity index (χ4v) is 4.45. The standard InChI is InChI=1S/C29H38N8O6/c30-20(10-6-12-33-29(31)32)25(39)37-24(16-38)27(41)35-22(14-18-15-34-21-11-5-4-9-19(18)21)26(40)36-23(28(42)43)13-17-7-2-1-3-8-17/h1-5,7-9,11,15,20,22-24,34,38H,6,10,12-14,16,30H2,(H,35,41)(H,36,40)(H,37,39)(H,42,43)(H4,31,32,33). The van der Waals surface area contributed by atoms with E-state index in [0.29, 0.717) is 17.5 Å². The van der Waals surface area contributed by atoms with Crippen LogP contribution in [0.25, 0.3) is 10.9 Å². The topological polar surface area (TPSA) is 251 Å². The summed E-state index contributed by atoms with van der Waals surface area (Å²) in [6.45, 7) is -0.509. The van der Waals surface area contributed by atoms with Gasteiger partial charge in [-0.15, -0.1) is 0 Å². The van der Waals surface area contributed by atoms with Crippen LogP contribution in [0.2, 0.25) is 0 Å². The van der Waals surface area contributed by atoms with Gasteiger partial charge in [0.15, 0.2) is 5.96 Å². The number of aliphatic carboxylic acids is 1. The van der Waals surface area contributed by atoms with Gasteiger partial charge in [-0.05, 0) is 30.0 Å². The van der Waals surface area contributed by atoms with Crippen molar-refractivity contribution >= 4 is 40.6 Å². The van der Waals surface area contributed by atoms with Crippen molar-refractivity contribution in [1.29, 1.82) is 0 Å². The summed E-state index contributed by atoms with van der Waals surface area (Å²) in [6.07, 6.45) is 2.33. The molecule has 14 heteroatoms. The number of rotatable bonds is 16. The molecule has 0 fully saturated rings. The van der Waals surface area contributed by atoms with E-state index in [1.807, 2.05) is 24.3 Å². The molecule has 0 bridgehead atoms. The smallest absolute Gasteiger partial charge is 0.326 e. The molecule has 4 atom stereocenters. The van der Waals surface area contributed by atoms with Gasteiger partial charge in [-0.2, -0.15) is 0 Å². The van der Waals surface area contributed by atoms with E-state index in [-0.39, 0.29) is 31.8 Å². The summed E-state index contributed by atoms with van der Waals surface area (Å²) in [5.74, 6) is -3.62. The molecule has 0 spiro atoms. The minimum Gasteiger partial charge on any atom is -0.480 e. The predicted molar refractivity (Wildman–Crippen MR) is 161 cm³/mol. The molecule has 1 heterocycles. The van der Waals surface area contributed by atoms with E-state index in [1.165, 1.54) is 0 Å². The Morgan fingerprint density at radius 3 is 2.14 bits per heavy atom. The summed E-state index contributed by atoms with van der Waals surface area (Å²) < 4.78 is 0. The lowest BCUT2D eigenvalue weighted by Crippen LogP contribution is -2.58. The first-order valence-electron chi connectivity index (χ1n) is 13.7. The Morgan fingerprint density at radius 1 is 0.837 bits per heavy atom. The molecule has 12 N–H and O–H groups in total. The first-order valence-corrected chi connectivity index (χ1v) is 13.7. The molecule has 0 aliphatic heterocycles. The van der Waals surface area contributed by atoms with Gasteiger partial charge in [0.05, 0.1) is 12.6 Å². The Hall–Kier alpha value is -4.95. The van der Waals surface area contributed by atoms with Crippen LogP contribution < -0.4 is 33.2 Å². The lowest BCUT2D eigenvalue weighted by molar-refractivity contribution is -0.142. The van der Waals surface area contributed by atoms with Crippen LogP contribution in [-0.4, -0.2) is 82.2 Å². The van der Waals surface area contributed by atoms with E-state index in [1.54, 1.807) is 36.5 Å². The van der Waals surface area contributed by atoms with Gasteiger partial charge in [0.1, 0.15) is 18.1 Å². The molecule has 0 radical (unpaired) electrons. The Morgan fingerprint density at radius 2 is 1.47 bits per heavy atom. The summed E-state index contributed by atoms with van der Waals surface area (Å²) in [5, 5.41) is 28.0. The van der Waals surface area contributed by atoms with E-state index in [9.17, 15) is 29.4 Å². The van der Waals surface area contributed by atoms with Crippen molar-refractivity contribution in [3.05, 3.63) is 71.9 Å². The Kier molecular flexibility index (Phi) is 12.0. The maximum atomic E-state index is 13.5. The van der Waals surface area contributed by atoms with Crippen LogP contribution in [0.4, 0.5) is 0 Å². The van der Waals surface area contributed by atoms with Crippen molar-refractivity contribution in [3.8, 4) is 0 Å². The van der Waals surface area contributed by atoms with Crippen molar-refractivity contribution in [1.82, 2.24) is 20.9 Å². The van der Waals surface area contributed by atoms with Crippen molar-refractivity contribution in [2.75, 3.05) is 13.2 Å².